The third kappa shape index (κ3) is 14.2. The van der Waals surface area contributed by atoms with E-state index in [9.17, 15) is 0 Å². The molecule has 14 nitrogen and oxygen atoms in total. The number of nitrogens with zero attached hydrogens (tertiary/aromatic N) is 6. The third-order valence-electron chi connectivity index (χ3n) is 5.59. The predicted octanol–water partition coefficient (Wildman–Crippen LogP) is 1.52. The molecule has 14 heteroatoms. The van der Waals surface area contributed by atoms with Gasteiger partial charge in [-0.2, -0.15) is 29.9 Å². The van der Waals surface area contributed by atoms with Crippen molar-refractivity contribution in [1.82, 2.24) is 40.5 Å². The molecule has 2 aromatic heterocycles. The van der Waals surface area contributed by atoms with Crippen LogP contribution in [0.15, 0.2) is 0 Å². The number of aromatic nitrogens is 6. The summed E-state index contributed by atoms with van der Waals surface area (Å²) < 4.78 is 0. The molecule has 0 aliphatic carbocycles. The maximum atomic E-state index is 5.66. The summed E-state index contributed by atoms with van der Waals surface area (Å²) in [6.07, 6.45) is 11.0. The minimum absolute atomic E-state index is 0.213. The van der Waals surface area contributed by atoms with E-state index in [1.165, 1.54) is 44.9 Å². The van der Waals surface area contributed by atoms with E-state index in [2.05, 4.69) is 61.8 Å². The first-order chi connectivity index (χ1) is 18.1. The van der Waals surface area contributed by atoms with E-state index in [0.717, 1.165) is 52.1 Å². The van der Waals surface area contributed by atoms with Gasteiger partial charge < -0.3 is 43.4 Å². The average Bonchev–Trinajstić information content (AvgIpc) is 2.89. The largest absolute Gasteiger partial charge is 0.368 e. The van der Waals surface area contributed by atoms with Crippen LogP contribution in [0.1, 0.15) is 57.8 Å². The van der Waals surface area contributed by atoms with Crippen LogP contribution in [-0.2, 0) is 0 Å². The van der Waals surface area contributed by atoms with Gasteiger partial charge in [-0.15, -0.1) is 0 Å². The number of anilines is 6. The van der Waals surface area contributed by atoms with Gasteiger partial charge in [-0.05, 0) is 51.9 Å². The lowest BCUT2D eigenvalue weighted by atomic mass is 10.1. The van der Waals surface area contributed by atoms with Crippen LogP contribution in [0.4, 0.5) is 35.7 Å². The van der Waals surface area contributed by atoms with Gasteiger partial charge in [-0.25, -0.2) is 0 Å². The molecule has 0 aromatic carbocycles. The molecule has 10 N–H and O–H groups in total. The van der Waals surface area contributed by atoms with E-state index in [-0.39, 0.29) is 11.9 Å². The molecule has 0 unspecified atom stereocenters. The van der Waals surface area contributed by atoms with Crippen molar-refractivity contribution in [2.24, 2.45) is 0 Å². The summed E-state index contributed by atoms with van der Waals surface area (Å²) in [7, 11) is 3.51. The normalized spacial score (nSPS) is 10.9. The molecule has 2 rings (SSSR count). The molecule has 0 saturated heterocycles. The summed E-state index contributed by atoms with van der Waals surface area (Å²) in [5, 5.41) is 19.1. The van der Waals surface area contributed by atoms with Crippen molar-refractivity contribution in [3.8, 4) is 0 Å². The fourth-order valence-electron chi connectivity index (χ4n) is 3.63. The van der Waals surface area contributed by atoms with Gasteiger partial charge in [-0.3, -0.25) is 0 Å². The van der Waals surface area contributed by atoms with E-state index in [1.807, 2.05) is 0 Å². The zero-order valence-corrected chi connectivity index (χ0v) is 22.4. The fraction of sp³-hybridized carbons (Fsp3) is 0.739. The van der Waals surface area contributed by atoms with Crippen LogP contribution in [0.5, 0.6) is 0 Å². The summed E-state index contributed by atoms with van der Waals surface area (Å²) in [5.74, 6) is 2.38. The Hall–Kier alpha value is -3.26. The smallest absolute Gasteiger partial charge is 0.229 e. The Kier molecular flexibility index (Phi) is 15.3. The van der Waals surface area contributed by atoms with Crippen LogP contribution in [0, 0.1) is 0 Å². The van der Waals surface area contributed by atoms with Crippen LogP contribution >= 0.6 is 0 Å². The molecule has 0 bridgehead atoms. The molecule has 208 valence electrons. The highest BCUT2D eigenvalue weighted by Gasteiger charge is 2.03. The van der Waals surface area contributed by atoms with Crippen molar-refractivity contribution in [3.63, 3.8) is 0 Å². The van der Waals surface area contributed by atoms with Gasteiger partial charge in [0.05, 0.1) is 0 Å². The van der Waals surface area contributed by atoms with Crippen molar-refractivity contribution >= 4 is 35.7 Å². The SMILES string of the molecule is CNc1nc(N)nc(NCCCNCCCCCCCCCNCCCNc2nc(N)nc(NC)n2)n1. The number of nitrogen functional groups attached to an aromatic ring is 2. The Morgan fingerprint density at radius 2 is 0.784 bits per heavy atom. The van der Waals surface area contributed by atoms with Crippen molar-refractivity contribution in [2.75, 3.05) is 86.1 Å². The zero-order chi connectivity index (χ0) is 26.6. The second kappa shape index (κ2) is 18.9. The molecule has 0 amide bonds. The lowest BCUT2D eigenvalue weighted by Gasteiger charge is -2.08. The van der Waals surface area contributed by atoms with Crippen molar-refractivity contribution in [3.05, 3.63) is 0 Å². The van der Waals surface area contributed by atoms with E-state index in [0.29, 0.717) is 23.8 Å². The standard InChI is InChI=1S/C23H46N14/c1-26-20-32-18(24)34-22(36-20)30-16-10-14-28-12-8-6-4-3-5-7-9-13-29-15-11-17-31-23-35-19(25)33-21(27-2)37-23/h28-29H,3-17H2,1-2H3,(H4,24,26,30,32,34,36)(H4,25,27,31,33,35,37). The van der Waals surface area contributed by atoms with Crippen molar-refractivity contribution in [1.29, 1.82) is 0 Å². The number of rotatable bonds is 22. The second-order valence-corrected chi connectivity index (χ2v) is 8.72. The Morgan fingerprint density at radius 3 is 1.19 bits per heavy atom. The molecule has 2 heterocycles. The van der Waals surface area contributed by atoms with E-state index in [1.54, 1.807) is 14.1 Å². The number of unbranched alkanes of at least 4 members (excludes halogenated alkanes) is 6. The number of nitrogens with two attached hydrogens (primary N) is 2. The first-order valence-electron chi connectivity index (χ1n) is 13.4. The van der Waals surface area contributed by atoms with Crippen LogP contribution in [0.25, 0.3) is 0 Å². The minimum atomic E-state index is 0.213. The molecule has 0 atom stereocenters. The van der Waals surface area contributed by atoms with Gasteiger partial charge in [0.25, 0.3) is 0 Å². The fourth-order valence-corrected chi connectivity index (χ4v) is 3.63. The average molecular weight is 519 g/mol. The summed E-state index contributed by atoms with van der Waals surface area (Å²) in [4.78, 5) is 24.6. The zero-order valence-electron chi connectivity index (χ0n) is 22.4. The molecule has 0 aliphatic rings. The van der Waals surface area contributed by atoms with Crippen LogP contribution in [-0.4, -0.2) is 83.3 Å². The molecule has 0 saturated carbocycles. The molecule has 0 fully saturated rings. The molecule has 0 aliphatic heterocycles. The maximum absolute atomic E-state index is 5.66. The first-order valence-corrected chi connectivity index (χ1v) is 13.4. The predicted molar refractivity (Wildman–Crippen MR) is 152 cm³/mol. The highest BCUT2D eigenvalue weighted by Crippen LogP contribution is 2.08. The molecular formula is C23H46N14. The highest BCUT2D eigenvalue weighted by atomic mass is 15.2. The third-order valence-corrected chi connectivity index (χ3v) is 5.59. The monoisotopic (exact) mass is 518 g/mol. The first kappa shape index (κ1) is 30.0. The van der Waals surface area contributed by atoms with E-state index >= 15 is 0 Å². The maximum Gasteiger partial charge on any atom is 0.229 e. The topological polar surface area (TPSA) is 202 Å². The number of hydrogen-bond donors (Lipinski definition) is 8. The minimum Gasteiger partial charge on any atom is -0.368 e. The Labute approximate surface area is 220 Å². The Balaban J connectivity index is 1.29. The van der Waals surface area contributed by atoms with Crippen LogP contribution < -0.4 is 43.4 Å². The summed E-state index contributed by atoms with van der Waals surface area (Å²) >= 11 is 0. The molecular weight excluding hydrogens is 472 g/mol. The lowest BCUT2D eigenvalue weighted by Crippen LogP contribution is -2.20. The molecule has 0 radical (unpaired) electrons. The highest BCUT2D eigenvalue weighted by molar-refractivity contribution is 5.40. The van der Waals surface area contributed by atoms with E-state index < -0.39 is 0 Å². The summed E-state index contributed by atoms with van der Waals surface area (Å²) in [6.45, 7) is 5.66. The van der Waals surface area contributed by atoms with Crippen molar-refractivity contribution in [2.45, 2.75) is 57.8 Å². The van der Waals surface area contributed by atoms with Gasteiger partial charge in [0.15, 0.2) is 0 Å². The van der Waals surface area contributed by atoms with Gasteiger partial charge in [0.1, 0.15) is 0 Å². The van der Waals surface area contributed by atoms with E-state index in [4.69, 9.17) is 11.5 Å². The Morgan fingerprint density at radius 1 is 0.432 bits per heavy atom. The molecule has 0 spiro atoms. The van der Waals surface area contributed by atoms with Crippen LogP contribution in [0.3, 0.4) is 0 Å². The number of nitrogens with one attached hydrogen (secondary N) is 6. The number of hydrogen-bond acceptors (Lipinski definition) is 14. The van der Waals surface area contributed by atoms with Gasteiger partial charge in [0, 0.05) is 27.2 Å². The lowest BCUT2D eigenvalue weighted by molar-refractivity contribution is 0.542. The van der Waals surface area contributed by atoms with Gasteiger partial charge in [-0.1, -0.05) is 32.1 Å². The van der Waals surface area contributed by atoms with Crippen molar-refractivity contribution < 1.29 is 0 Å². The quantitative estimate of drug-likeness (QED) is 0.104. The van der Waals surface area contributed by atoms with Gasteiger partial charge >= 0.3 is 0 Å². The second-order valence-electron chi connectivity index (χ2n) is 8.72. The summed E-state index contributed by atoms with van der Waals surface area (Å²) in [5.41, 5.74) is 11.3. The molecule has 37 heavy (non-hydrogen) atoms. The Bertz CT molecular complexity index is 796. The van der Waals surface area contributed by atoms with Gasteiger partial charge in [0.2, 0.25) is 35.7 Å². The molecule has 2 aromatic rings. The summed E-state index contributed by atoms with van der Waals surface area (Å²) in [6, 6.07) is 0. The van der Waals surface area contributed by atoms with Crippen LogP contribution in [0.2, 0.25) is 0 Å².